The predicted octanol–water partition coefficient (Wildman–Crippen LogP) is 15.8. The second-order valence-electron chi connectivity index (χ2n) is 16.1. The van der Waals surface area contributed by atoms with Crippen LogP contribution in [-0.2, 0) is 5.41 Å². The maximum absolute atomic E-state index is 2.48. The average molecular weight is 777 g/mol. The molecule has 0 atom stereocenters. The normalized spacial score (nSPS) is 13.3. The fourth-order valence-electron chi connectivity index (χ4n) is 10.1. The van der Waals surface area contributed by atoms with Crippen molar-refractivity contribution in [2.75, 3.05) is 9.80 Å². The quantitative estimate of drug-likeness (QED) is 0.172. The van der Waals surface area contributed by atoms with E-state index in [4.69, 9.17) is 0 Å². The third-order valence-electron chi connectivity index (χ3n) is 12.8. The standard InChI is InChI=1S/C59H40N2/c1-3-15-41(16-4-1)44-29-34-49(35-30-44)60-55-24-12-9-21-51(55)59(52-22-10-13-25-56(52)60)53-23-11-14-26-57(53)61(50-36-31-45(32-37-50)42-17-5-2-6-18-42)58-38-33-48(40-54(58)59)47-28-27-43-19-7-8-20-46(43)39-47/h1-40H. The predicted molar refractivity (Wildman–Crippen MR) is 255 cm³/mol. The van der Waals surface area contributed by atoms with Crippen LogP contribution < -0.4 is 9.80 Å². The Labute approximate surface area is 356 Å². The molecule has 0 N–H and O–H groups in total. The molecule has 12 rings (SSSR count). The third-order valence-corrected chi connectivity index (χ3v) is 12.8. The first-order chi connectivity index (χ1) is 30.3. The minimum Gasteiger partial charge on any atom is -0.310 e. The highest BCUT2D eigenvalue weighted by Crippen LogP contribution is 2.64. The van der Waals surface area contributed by atoms with E-state index in [0.717, 1.165) is 11.4 Å². The summed E-state index contributed by atoms with van der Waals surface area (Å²) in [6, 6.07) is 89.3. The number of anilines is 6. The molecule has 10 aromatic rings. The molecule has 61 heavy (non-hydrogen) atoms. The summed E-state index contributed by atoms with van der Waals surface area (Å²) in [7, 11) is 0. The van der Waals surface area contributed by atoms with Crippen LogP contribution in [0, 0.1) is 0 Å². The monoisotopic (exact) mass is 776 g/mol. The molecule has 2 heteroatoms. The Morgan fingerprint density at radius 3 is 1.10 bits per heavy atom. The Kier molecular flexibility index (Phi) is 8.11. The van der Waals surface area contributed by atoms with Gasteiger partial charge < -0.3 is 9.80 Å². The number of hydrogen-bond acceptors (Lipinski definition) is 2. The van der Waals surface area contributed by atoms with E-state index in [1.807, 2.05) is 0 Å². The summed E-state index contributed by atoms with van der Waals surface area (Å²) in [5, 5.41) is 2.48. The zero-order chi connectivity index (χ0) is 40.3. The van der Waals surface area contributed by atoms with Crippen molar-refractivity contribution in [1.82, 2.24) is 0 Å². The van der Waals surface area contributed by atoms with Crippen molar-refractivity contribution in [3.63, 3.8) is 0 Å². The van der Waals surface area contributed by atoms with Crippen molar-refractivity contribution in [2.45, 2.75) is 5.41 Å². The van der Waals surface area contributed by atoms with E-state index in [1.54, 1.807) is 0 Å². The van der Waals surface area contributed by atoms with Gasteiger partial charge in [-0.25, -0.2) is 0 Å². The van der Waals surface area contributed by atoms with Crippen LogP contribution in [0.5, 0.6) is 0 Å². The van der Waals surface area contributed by atoms with Gasteiger partial charge in [-0.1, -0.05) is 182 Å². The first kappa shape index (κ1) is 35.0. The van der Waals surface area contributed by atoms with Gasteiger partial charge in [0.05, 0.1) is 28.2 Å². The minimum absolute atomic E-state index is 0.646. The highest BCUT2D eigenvalue weighted by Gasteiger charge is 2.51. The summed E-state index contributed by atoms with van der Waals surface area (Å²) in [5.74, 6) is 0. The van der Waals surface area contributed by atoms with E-state index in [2.05, 4.69) is 252 Å². The van der Waals surface area contributed by atoms with Gasteiger partial charge in [0.25, 0.3) is 0 Å². The maximum Gasteiger partial charge on any atom is 0.0783 e. The number of rotatable bonds is 5. The van der Waals surface area contributed by atoms with Crippen molar-refractivity contribution in [3.05, 3.63) is 265 Å². The summed E-state index contributed by atoms with van der Waals surface area (Å²) in [6.07, 6.45) is 0. The SMILES string of the molecule is c1ccc(-c2ccc(N3c4ccccc4C4(c5ccccc53)c3ccccc3N(c3ccc(-c5ccccc5)cc3)c3ccc(-c5ccc6ccccc6c5)cc34)cc2)cc1. The molecule has 0 saturated carbocycles. The summed E-state index contributed by atoms with van der Waals surface area (Å²) >= 11 is 0. The Morgan fingerprint density at radius 2 is 0.590 bits per heavy atom. The Hall–Kier alpha value is -7.94. The molecule has 0 aromatic heterocycles. The summed E-state index contributed by atoms with van der Waals surface area (Å²) in [4.78, 5) is 4.95. The molecule has 2 aliphatic heterocycles. The molecule has 0 fully saturated rings. The zero-order valence-corrected chi connectivity index (χ0v) is 33.5. The maximum atomic E-state index is 2.48. The number of fused-ring (bicyclic) bond motifs is 9. The molecular formula is C59H40N2. The molecule has 0 saturated heterocycles. The summed E-state index contributed by atoms with van der Waals surface area (Å²) < 4.78 is 0. The van der Waals surface area contributed by atoms with E-state index >= 15 is 0 Å². The summed E-state index contributed by atoms with van der Waals surface area (Å²) in [5.41, 5.74) is 18.5. The van der Waals surface area contributed by atoms with Crippen LogP contribution in [0.4, 0.5) is 34.1 Å². The van der Waals surface area contributed by atoms with Crippen LogP contribution in [-0.4, -0.2) is 0 Å². The van der Waals surface area contributed by atoms with Gasteiger partial charge >= 0.3 is 0 Å². The van der Waals surface area contributed by atoms with Gasteiger partial charge in [-0.05, 0) is 127 Å². The van der Waals surface area contributed by atoms with Gasteiger partial charge in [-0.3, -0.25) is 0 Å². The number of hydrogen-bond donors (Lipinski definition) is 0. The fraction of sp³-hybridized carbons (Fsp3) is 0.0169. The van der Waals surface area contributed by atoms with Gasteiger partial charge in [-0.2, -0.15) is 0 Å². The fourth-order valence-corrected chi connectivity index (χ4v) is 10.1. The van der Waals surface area contributed by atoms with Crippen LogP contribution in [0.3, 0.4) is 0 Å². The highest BCUT2D eigenvalue weighted by molar-refractivity contribution is 5.98. The van der Waals surface area contributed by atoms with Crippen LogP contribution in [0.2, 0.25) is 0 Å². The molecule has 2 nitrogen and oxygen atoms in total. The first-order valence-electron chi connectivity index (χ1n) is 21.1. The number of para-hydroxylation sites is 3. The molecule has 0 unspecified atom stereocenters. The average Bonchev–Trinajstić information content (AvgIpc) is 3.34. The van der Waals surface area contributed by atoms with Crippen LogP contribution in [0.1, 0.15) is 22.3 Å². The van der Waals surface area contributed by atoms with E-state index in [1.165, 1.54) is 89.2 Å². The minimum atomic E-state index is -0.646. The van der Waals surface area contributed by atoms with Crippen LogP contribution in [0.15, 0.2) is 243 Å². The first-order valence-corrected chi connectivity index (χ1v) is 21.1. The molecule has 0 amide bonds. The zero-order valence-electron chi connectivity index (χ0n) is 33.5. The largest absolute Gasteiger partial charge is 0.310 e. The summed E-state index contributed by atoms with van der Waals surface area (Å²) in [6.45, 7) is 0. The van der Waals surface area contributed by atoms with Gasteiger partial charge in [0, 0.05) is 11.4 Å². The van der Waals surface area contributed by atoms with Crippen molar-refractivity contribution < 1.29 is 0 Å². The lowest BCUT2D eigenvalue weighted by atomic mass is 9.60. The van der Waals surface area contributed by atoms with Crippen molar-refractivity contribution in [1.29, 1.82) is 0 Å². The molecule has 2 aliphatic rings. The second-order valence-corrected chi connectivity index (χ2v) is 16.1. The van der Waals surface area contributed by atoms with Gasteiger partial charge in [0.1, 0.15) is 0 Å². The van der Waals surface area contributed by atoms with Crippen LogP contribution >= 0.6 is 0 Å². The molecule has 286 valence electrons. The molecule has 10 aromatic carbocycles. The lowest BCUT2D eigenvalue weighted by molar-refractivity contribution is 0.719. The topological polar surface area (TPSA) is 6.48 Å². The van der Waals surface area contributed by atoms with E-state index < -0.39 is 5.41 Å². The second kappa shape index (κ2) is 14.1. The van der Waals surface area contributed by atoms with Gasteiger partial charge in [0.15, 0.2) is 0 Å². The van der Waals surface area contributed by atoms with Crippen molar-refractivity contribution in [3.8, 4) is 33.4 Å². The van der Waals surface area contributed by atoms with Crippen molar-refractivity contribution >= 4 is 44.9 Å². The van der Waals surface area contributed by atoms with Crippen molar-refractivity contribution in [2.24, 2.45) is 0 Å². The lowest BCUT2D eigenvalue weighted by Crippen LogP contribution is -2.42. The van der Waals surface area contributed by atoms with E-state index in [0.29, 0.717) is 0 Å². The molecular weight excluding hydrogens is 737 g/mol. The Bertz CT molecular complexity index is 3140. The van der Waals surface area contributed by atoms with E-state index in [-0.39, 0.29) is 0 Å². The Balaban J connectivity index is 1.12. The Morgan fingerprint density at radius 1 is 0.230 bits per heavy atom. The highest BCUT2D eigenvalue weighted by atomic mass is 15.2. The number of nitrogens with zero attached hydrogens (tertiary/aromatic N) is 2. The van der Waals surface area contributed by atoms with E-state index in [9.17, 15) is 0 Å². The molecule has 0 bridgehead atoms. The smallest absolute Gasteiger partial charge is 0.0783 e. The van der Waals surface area contributed by atoms with Gasteiger partial charge in [-0.15, -0.1) is 0 Å². The molecule has 0 aliphatic carbocycles. The lowest BCUT2D eigenvalue weighted by Gasteiger charge is -2.51. The molecule has 1 spiro atoms. The van der Waals surface area contributed by atoms with Gasteiger partial charge in [0.2, 0.25) is 0 Å². The molecule has 0 radical (unpaired) electrons. The molecule has 2 heterocycles. The third kappa shape index (κ3) is 5.50. The number of benzene rings is 10. The van der Waals surface area contributed by atoms with Crippen LogP contribution in [0.25, 0.3) is 44.2 Å².